The number of alkyl halides is 6. The van der Waals surface area contributed by atoms with Crippen LogP contribution in [0.15, 0.2) is 30.9 Å². The molecule has 4 bridgehead atoms. The lowest BCUT2D eigenvalue weighted by Gasteiger charge is -2.60. The molecular weight excluding hydrogens is 438 g/mol. The minimum absolute atomic E-state index is 0.0556. The first-order valence-electron chi connectivity index (χ1n) is 10.3. The van der Waals surface area contributed by atoms with Crippen LogP contribution >= 0.6 is 0 Å². The number of benzene rings is 1. The molecule has 4 fully saturated rings. The summed E-state index contributed by atoms with van der Waals surface area (Å²) in [6, 6.07) is 1.17. The maximum atomic E-state index is 13.4. The second kappa shape index (κ2) is 6.71. The SMILES string of the molecule is O=C(Nc1cc(C(F)(F)F)cc(C(F)(F)F)c1)C12C[C@H]3C[C@@H](C1)CC(n1cncn1)(C3)C2. The maximum absolute atomic E-state index is 13.4. The van der Waals surface area contributed by atoms with Crippen LogP contribution in [0.25, 0.3) is 0 Å². The van der Waals surface area contributed by atoms with Gasteiger partial charge in [-0.25, -0.2) is 9.67 Å². The number of rotatable bonds is 3. The lowest BCUT2D eigenvalue weighted by molar-refractivity contribution is -0.150. The van der Waals surface area contributed by atoms with Gasteiger partial charge in [0.2, 0.25) is 5.91 Å². The topological polar surface area (TPSA) is 59.8 Å². The number of carbonyl (C=O) groups excluding carboxylic acids is 1. The van der Waals surface area contributed by atoms with Gasteiger partial charge in [-0.05, 0) is 68.6 Å². The molecule has 4 aliphatic carbocycles. The van der Waals surface area contributed by atoms with Gasteiger partial charge in [-0.1, -0.05) is 0 Å². The summed E-state index contributed by atoms with van der Waals surface area (Å²) in [4.78, 5) is 17.4. The largest absolute Gasteiger partial charge is 0.416 e. The zero-order chi connectivity index (χ0) is 22.9. The Bertz CT molecular complexity index is 999. The minimum Gasteiger partial charge on any atom is -0.326 e. The molecule has 11 heteroatoms. The van der Waals surface area contributed by atoms with Crippen LogP contribution in [0.3, 0.4) is 0 Å². The molecular formula is C21H20F6N4O. The average Bonchev–Trinajstić information content (AvgIpc) is 3.21. The molecule has 0 saturated heterocycles. The van der Waals surface area contributed by atoms with E-state index in [0.717, 1.165) is 19.3 Å². The van der Waals surface area contributed by atoms with Crippen LogP contribution in [0.5, 0.6) is 0 Å². The van der Waals surface area contributed by atoms with Gasteiger partial charge < -0.3 is 5.32 Å². The number of amides is 1. The Morgan fingerprint density at radius 2 is 1.56 bits per heavy atom. The molecule has 1 amide bonds. The molecule has 1 heterocycles. The standard InChI is InChI=1S/C21H20F6N4O/c22-20(23,24)14-2-15(21(25,26)27)4-16(3-14)30-17(32)18-5-12-1-13(6-18)8-19(7-12,9-18)31-11-28-10-29-31/h2-4,10-13H,1,5-9H2,(H,30,32)/t12-,13+,18?,19?. The van der Waals surface area contributed by atoms with E-state index in [9.17, 15) is 31.1 Å². The fourth-order valence-corrected chi connectivity index (χ4v) is 6.49. The molecule has 5 nitrogen and oxygen atoms in total. The van der Waals surface area contributed by atoms with E-state index in [1.54, 1.807) is 11.0 Å². The second-order valence-electron chi connectivity index (χ2n) is 9.55. The van der Waals surface area contributed by atoms with E-state index in [2.05, 4.69) is 15.4 Å². The Kier molecular flexibility index (Phi) is 4.46. The van der Waals surface area contributed by atoms with Gasteiger partial charge in [-0.15, -0.1) is 0 Å². The van der Waals surface area contributed by atoms with Crippen LogP contribution in [-0.4, -0.2) is 20.7 Å². The maximum Gasteiger partial charge on any atom is 0.416 e. The van der Waals surface area contributed by atoms with Crippen molar-refractivity contribution in [1.29, 1.82) is 0 Å². The van der Waals surface area contributed by atoms with E-state index in [-0.39, 0.29) is 17.9 Å². The number of nitrogens with zero attached hydrogens (tertiary/aromatic N) is 3. The molecule has 172 valence electrons. The summed E-state index contributed by atoms with van der Waals surface area (Å²) in [5.41, 5.74) is -4.66. The van der Waals surface area contributed by atoms with Crippen molar-refractivity contribution in [2.75, 3.05) is 5.32 Å². The number of anilines is 1. The number of carbonyl (C=O) groups is 1. The van der Waals surface area contributed by atoms with Crippen LogP contribution in [0.1, 0.15) is 49.7 Å². The van der Waals surface area contributed by atoms with Crippen molar-refractivity contribution in [3.63, 3.8) is 0 Å². The first kappa shape index (κ1) is 21.3. The van der Waals surface area contributed by atoms with Crippen LogP contribution in [0.2, 0.25) is 0 Å². The van der Waals surface area contributed by atoms with Crippen molar-refractivity contribution in [3.8, 4) is 0 Å². The molecule has 2 unspecified atom stereocenters. The lowest BCUT2D eigenvalue weighted by Crippen LogP contribution is -2.60. The summed E-state index contributed by atoms with van der Waals surface area (Å²) in [6.45, 7) is 0. The van der Waals surface area contributed by atoms with E-state index < -0.39 is 46.0 Å². The Labute approximate surface area is 179 Å². The molecule has 4 aliphatic rings. The number of nitrogens with one attached hydrogen (secondary N) is 1. The van der Waals surface area contributed by atoms with Crippen molar-refractivity contribution < 1.29 is 31.1 Å². The highest BCUT2D eigenvalue weighted by Gasteiger charge is 2.61. The second-order valence-corrected chi connectivity index (χ2v) is 9.55. The number of halogens is 6. The average molecular weight is 458 g/mol. The molecule has 0 aliphatic heterocycles. The molecule has 6 rings (SSSR count). The molecule has 0 radical (unpaired) electrons. The highest BCUT2D eigenvalue weighted by atomic mass is 19.4. The monoisotopic (exact) mass is 458 g/mol. The molecule has 1 aromatic carbocycles. The van der Waals surface area contributed by atoms with Crippen molar-refractivity contribution in [2.24, 2.45) is 17.3 Å². The van der Waals surface area contributed by atoms with E-state index in [0.29, 0.717) is 31.4 Å². The van der Waals surface area contributed by atoms with Gasteiger partial charge >= 0.3 is 12.4 Å². The predicted molar refractivity (Wildman–Crippen MR) is 100 cm³/mol. The first-order valence-corrected chi connectivity index (χ1v) is 10.3. The fourth-order valence-electron chi connectivity index (χ4n) is 6.49. The Morgan fingerprint density at radius 3 is 2.06 bits per heavy atom. The van der Waals surface area contributed by atoms with E-state index in [4.69, 9.17) is 0 Å². The number of aromatic nitrogens is 3. The summed E-state index contributed by atoms with van der Waals surface area (Å²) in [6.07, 6.45) is -2.70. The Morgan fingerprint density at radius 1 is 0.969 bits per heavy atom. The number of hydrogen-bond acceptors (Lipinski definition) is 3. The summed E-state index contributed by atoms with van der Waals surface area (Å²) in [5.74, 6) is -0.0274. The fraction of sp³-hybridized carbons (Fsp3) is 0.571. The van der Waals surface area contributed by atoms with Gasteiger partial charge in [0.05, 0.1) is 22.1 Å². The van der Waals surface area contributed by atoms with Crippen LogP contribution in [0, 0.1) is 17.3 Å². The molecule has 32 heavy (non-hydrogen) atoms. The molecule has 0 spiro atoms. The van der Waals surface area contributed by atoms with Gasteiger partial charge in [0.1, 0.15) is 12.7 Å². The summed E-state index contributed by atoms with van der Waals surface area (Å²) >= 11 is 0. The third kappa shape index (κ3) is 3.45. The van der Waals surface area contributed by atoms with Crippen LogP contribution in [0.4, 0.5) is 32.0 Å². The van der Waals surface area contributed by atoms with Crippen molar-refractivity contribution in [2.45, 2.75) is 56.4 Å². The lowest BCUT2D eigenvalue weighted by atomic mass is 9.46. The van der Waals surface area contributed by atoms with Crippen molar-refractivity contribution in [1.82, 2.24) is 14.8 Å². The number of hydrogen-bond donors (Lipinski definition) is 1. The van der Waals surface area contributed by atoms with E-state index in [1.165, 1.54) is 6.33 Å². The van der Waals surface area contributed by atoms with Gasteiger partial charge in [-0.2, -0.15) is 31.4 Å². The molecule has 1 aromatic heterocycles. The van der Waals surface area contributed by atoms with Gasteiger partial charge in [0.15, 0.2) is 0 Å². The van der Waals surface area contributed by atoms with Crippen LogP contribution < -0.4 is 5.32 Å². The normalized spacial score (nSPS) is 31.7. The molecule has 1 N–H and O–H groups in total. The summed E-state index contributed by atoms with van der Waals surface area (Å²) in [7, 11) is 0. The zero-order valence-corrected chi connectivity index (χ0v) is 16.8. The van der Waals surface area contributed by atoms with Crippen molar-refractivity contribution >= 4 is 11.6 Å². The van der Waals surface area contributed by atoms with Crippen LogP contribution in [-0.2, 0) is 22.7 Å². The third-order valence-corrected chi connectivity index (χ3v) is 7.26. The third-order valence-electron chi connectivity index (χ3n) is 7.26. The van der Waals surface area contributed by atoms with E-state index >= 15 is 0 Å². The molecule has 4 saturated carbocycles. The van der Waals surface area contributed by atoms with Crippen molar-refractivity contribution in [3.05, 3.63) is 42.0 Å². The first-order chi connectivity index (χ1) is 14.9. The Balaban J connectivity index is 1.48. The highest BCUT2D eigenvalue weighted by molar-refractivity contribution is 5.96. The van der Waals surface area contributed by atoms with Gasteiger partial charge in [0, 0.05) is 5.69 Å². The van der Waals surface area contributed by atoms with Gasteiger partial charge in [0.25, 0.3) is 0 Å². The molecule has 2 aromatic rings. The molecule has 4 atom stereocenters. The summed E-state index contributed by atoms with van der Waals surface area (Å²) < 4.78 is 81.0. The minimum atomic E-state index is -4.97. The predicted octanol–water partition coefficient (Wildman–Crippen LogP) is 5.25. The highest BCUT2D eigenvalue weighted by Crippen LogP contribution is 2.64. The summed E-state index contributed by atoms with van der Waals surface area (Å²) in [5, 5.41) is 6.68. The Hall–Kier alpha value is -2.59. The quantitative estimate of drug-likeness (QED) is 0.640. The zero-order valence-electron chi connectivity index (χ0n) is 16.8. The van der Waals surface area contributed by atoms with Gasteiger partial charge in [-0.3, -0.25) is 4.79 Å². The smallest absolute Gasteiger partial charge is 0.326 e. The van der Waals surface area contributed by atoms with E-state index in [1.807, 2.05) is 0 Å².